The molecule has 0 bridgehead atoms. The van der Waals surface area contributed by atoms with Crippen LogP contribution in [0.5, 0.6) is 28.7 Å². The van der Waals surface area contributed by atoms with Crippen LogP contribution < -0.4 is 0 Å². The smallest absolute Gasteiger partial charge is 0.157 e. The molecule has 0 unspecified atom stereocenters. The number of carbonyl (C=O) groups is 1. The lowest BCUT2D eigenvalue weighted by molar-refractivity contribution is 0.111. The summed E-state index contributed by atoms with van der Waals surface area (Å²) in [6, 6.07) is 7.80. The lowest BCUT2D eigenvalue weighted by atomic mass is 10.2. The molecule has 2 aromatic rings. The highest BCUT2D eigenvalue weighted by Gasteiger charge is 2.07. The minimum atomic E-state index is -0.433. The first kappa shape index (κ1) is 14.2. The number of phenols is 5. The third-order valence-corrected chi connectivity index (χ3v) is 2.07. The average Bonchev–Trinajstić information content (AvgIpc) is 2.28. The highest BCUT2D eigenvalue weighted by atomic mass is 16.3. The molecule has 0 aliphatic carbocycles. The van der Waals surface area contributed by atoms with Crippen molar-refractivity contribution in [3.05, 3.63) is 42.0 Å². The maximum Gasteiger partial charge on any atom is 0.157 e. The van der Waals surface area contributed by atoms with E-state index in [9.17, 15) is 4.79 Å². The van der Waals surface area contributed by atoms with Crippen LogP contribution in [0.1, 0.15) is 10.4 Å². The van der Waals surface area contributed by atoms with E-state index < -0.39 is 11.5 Å². The zero-order valence-electron chi connectivity index (χ0n) is 9.69. The molecule has 0 aliphatic heterocycles. The molecule has 2 aromatic carbocycles. The van der Waals surface area contributed by atoms with Crippen LogP contribution in [0.4, 0.5) is 0 Å². The van der Waals surface area contributed by atoms with Gasteiger partial charge in [0.05, 0.1) is 5.56 Å². The van der Waals surface area contributed by atoms with Gasteiger partial charge in [-0.15, -0.1) is 0 Å². The predicted molar refractivity (Wildman–Crippen MR) is 66.6 cm³/mol. The molecule has 0 heterocycles. The zero-order valence-corrected chi connectivity index (χ0v) is 9.69. The lowest BCUT2D eigenvalue weighted by Crippen LogP contribution is -1.81. The van der Waals surface area contributed by atoms with Gasteiger partial charge in [0.15, 0.2) is 6.29 Å². The van der Waals surface area contributed by atoms with Crippen LogP contribution >= 0.6 is 0 Å². The van der Waals surface area contributed by atoms with Gasteiger partial charge in [0.25, 0.3) is 0 Å². The van der Waals surface area contributed by atoms with Crippen molar-refractivity contribution in [2.45, 2.75) is 0 Å². The van der Waals surface area contributed by atoms with Crippen molar-refractivity contribution in [3.8, 4) is 28.7 Å². The van der Waals surface area contributed by atoms with E-state index in [1.165, 1.54) is 18.2 Å². The molecular weight excluding hydrogens is 252 g/mol. The summed E-state index contributed by atoms with van der Waals surface area (Å²) in [6.07, 6.45) is 0.310. The number of aromatic hydroxyl groups is 5. The summed E-state index contributed by atoms with van der Waals surface area (Å²) in [4.78, 5) is 10.2. The van der Waals surface area contributed by atoms with Crippen molar-refractivity contribution < 1.29 is 30.3 Å². The van der Waals surface area contributed by atoms with Crippen LogP contribution in [-0.4, -0.2) is 31.8 Å². The number of aldehydes is 1. The summed E-state index contributed by atoms with van der Waals surface area (Å²) in [5.41, 5.74) is -0.220. The number of rotatable bonds is 1. The lowest BCUT2D eigenvalue weighted by Gasteiger charge is -2.00. The second-order valence-electron chi connectivity index (χ2n) is 3.54. The van der Waals surface area contributed by atoms with Gasteiger partial charge >= 0.3 is 0 Å². The molecule has 0 spiro atoms. The molecule has 5 N–H and O–H groups in total. The Balaban J connectivity index is 0.000000200. The van der Waals surface area contributed by atoms with Crippen LogP contribution in [-0.2, 0) is 0 Å². The van der Waals surface area contributed by atoms with Gasteiger partial charge in [0.1, 0.15) is 28.7 Å². The van der Waals surface area contributed by atoms with E-state index in [0.29, 0.717) is 6.29 Å². The summed E-state index contributed by atoms with van der Waals surface area (Å²) in [5.74, 6) is -0.976. The van der Waals surface area contributed by atoms with Crippen LogP contribution in [0.15, 0.2) is 36.4 Å². The second-order valence-corrected chi connectivity index (χ2v) is 3.54. The van der Waals surface area contributed by atoms with Crippen molar-refractivity contribution >= 4 is 6.29 Å². The molecule has 0 saturated heterocycles. The number of phenolic OH excluding ortho intramolecular Hbond substituents is 5. The SMILES string of the molecule is O=Cc1c(O)cc(O)cc1O.Oc1cccc(O)c1. The Morgan fingerprint density at radius 3 is 1.53 bits per heavy atom. The zero-order chi connectivity index (χ0) is 14.4. The van der Waals surface area contributed by atoms with Crippen molar-refractivity contribution in [1.82, 2.24) is 0 Å². The van der Waals surface area contributed by atoms with Gasteiger partial charge in [-0.2, -0.15) is 0 Å². The number of carbonyl (C=O) groups excluding carboxylic acids is 1. The minimum absolute atomic E-state index is 0.0880. The van der Waals surface area contributed by atoms with Crippen LogP contribution in [0, 0.1) is 0 Å². The van der Waals surface area contributed by atoms with E-state index in [1.807, 2.05) is 0 Å². The van der Waals surface area contributed by atoms with E-state index >= 15 is 0 Å². The molecule has 6 nitrogen and oxygen atoms in total. The maximum absolute atomic E-state index is 10.2. The molecule has 0 fully saturated rings. The molecular formula is C13H12O6. The van der Waals surface area contributed by atoms with E-state index in [4.69, 9.17) is 25.5 Å². The summed E-state index contributed by atoms with van der Waals surface area (Å²) in [7, 11) is 0. The Morgan fingerprint density at radius 2 is 1.21 bits per heavy atom. The first-order valence-electron chi connectivity index (χ1n) is 5.12. The van der Waals surface area contributed by atoms with Crippen molar-refractivity contribution in [2.75, 3.05) is 0 Å². The van der Waals surface area contributed by atoms with Gasteiger partial charge in [-0.3, -0.25) is 4.79 Å². The summed E-state index contributed by atoms with van der Waals surface area (Å²) in [6.45, 7) is 0. The number of hydrogen-bond acceptors (Lipinski definition) is 6. The molecule has 6 heteroatoms. The molecule has 2 rings (SSSR count). The highest BCUT2D eigenvalue weighted by molar-refractivity contribution is 5.83. The molecule has 0 radical (unpaired) electrons. The normalized spacial score (nSPS) is 9.26. The van der Waals surface area contributed by atoms with Gasteiger partial charge in [-0.05, 0) is 12.1 Å². The quantitative estimate of drug-likeness (QED) is 0.500. The van der Waals surface area contributed by atoms with E-state index in [1.54, 1.807) is 6.07 Å². The third-order valence-electron chi connectivity index (χ3n) is 2.07. The Bertz CT molecular complexity index is 539. The van der Waals surface area contributed by atoms with E-state index in [2.05, 4.69) is 0 Å². The van der Waals surface area contributed by atoms with E-state index in [-0.39, 0.29) is 22.8 Å². The van der Waals surface area contributed by atoms with E-state index in [0.717, 1.165) is 12.1 Å². The Labute approximate surface area is 108 Å². The maximum atomic E-state index is 10.2. The van der Waals surface area contributed by atoms with Crippen molar-refractivity contribution in [3.63, 3.8) is 0 Å². The molecule has 100 valence electrons. The van der Waals surface area contributed by atoms with Crippen LogP contribution in [0.25, 0.3) is 0 Å². The van der Waals surface area contributed by atoms with Gasteiger partial charge in [0.2, 0.25) is 0 Å². The van der Waals surface area contributed by atoms with Gasteiger partial charge in [0, 0.05) is 18.2 Å². The average molecular weight is 264 g/mol. The number of benzene rings is 2. The fraction of sp³-hybridized carbons (Fsp3) is 0. The summed E-state index contributed by atoms with van der Waals surface area (Å²) in [5, 5.41) is 43.9. The second kappa shape index (κ2) is 6.15. The molecule has 0 saturated carbocycles. The predicted octanol–water partition coefficient (Wildman–Crippen LogP) is 1.71. The Hall–Kier alpha value is -2.89. The van der Waals surface area contributed by atoms with Crippen LogP contribution in [0.3, 0.4) is 0 Å². The fourth-order valence-electron chi connectivity index (χ4n) is 1.22. The summed E-state index contributed by atoms with van der Waals surface area (Å²) >= 11 is 0. The minimum Gasteiger partial charge on any atom is -0.508 e. The van der Waals surface area contributed by atoms with Gasteiger partial charge in [-0.1, -0.05) is 6.07 Å². The summed E-state index contributed by atoms with van der Waals surface area (Å²) < 4.78 is 0. The first-order valence-corrected chi connectivity index (χ1v) is 5.12. The molecule has 0 atom stereocenters. The first-order chi connectivity index (χ1) is 8.93. The monoisotopic (exact) mass is 264 g/mol. The molecule has 0 aromatic heterocycles. The number of hydrogen-bond donors (Lipinski definition) is 5. The van der Waals surface area contributed by atoms with Gasteiger partial charge < -0.3 is 25.5 Å². The molecule has 0 aliphatic rings. The topological polar surface area (TPSA) is 118 Å². The van der Waals surface area contributed by atoms with Crippen LogP contribution in [0.2, 0.25) is 0 Å². The Morgan fingerprint density at radius 1 is 0.737 bits per heavy atom. The third kappa shape index (κ3) is 4.12. The standard InChI is InChI=1S/C7H6O4.C6H6O2/c8-3-5-6(10)1-4(9)2-7(5)11;7-5-2-1-3-6(8)4-5/h1-3,9-11H;1-4,7-8H. The highest BCUT2D eigenvalue weighted by Crippen LogP contribution is 2.29. The molecule has 0 amide bonds. The van der Waals surface area contributed by atoms with Crippen molar-refractivity contribution in [2.24, 2.45) is 0 Å². The fourth-order valence-corrected chi connectivity index (χ4v) is 1.22. The molecule has 19 heavy (non-hydrogen) atoms. The Kier molecular flexibility index (Phi) is 4.59. The van der Waals surface area contributed by atoms with Gasteiger partial charge in [-0.25, -0.2) is 0 Å². The largest absolute Gasteiger partial charge is 0.508 e. The van der Waals surface area contributed by atoms with Crippen molar-refractivity contribution in [1.29, 1.82) is 0 Å².